The third kappa shape index (κ3) is 11.4. The Hall–Kier alpha value is -4.37. The summed E-state index contributed by atoms with van der Waals surface area (Å²) in [6.07, 6.45) is 1.93. The molecule has 2 heterocycles. The van der Waals surface area contributed by atoms with Crippen LogP contribution in [0.1, 0.15) is 83.4 Å². The molecule has 1 spiro atoms. The van der Waals surface area contributed by atoms with Crippen LogP contribution in [0.25, 0.3) is 0 Å². The molecule has 4 rings (SSSR count). The Morgan fingerprint density at radius 3 is 2.02 bits per heavy atom. The summed E-state index contributed by atoms with van der Waals surface area (Å²) in [6.45, 7) is 8.89. The molecule has 2 aliphatic rings. The van der Waals surface area contributed by atoms with Crippen LogP contribution in [-0.2, 0) is 33.6 Å². The van der Waals surface area contributed by atoms with Crippen LogP contribution in [0.15, 0.2) is 60.7 Å². The molecule has 5 atom stereocenters. The van der Waals surface area contributed by atoms with Gasteiger partial charge in [0.15, 0.2) is 0 Å². The van der Waals surface area contributed by atoms with Crippen molar-refractivity contribution in [3.8, 4) is 0 Å². The van der Waals surface area contributed by atoms with Gasteiger partial charge in [-0.2, -0.15) is 0 Å². The number of carbonyl (C=O) groups is 7. The molecule has 4 N–H and O–H groups in total. The number of Topliss-reactive ketones (excluding diaryl/α,β-unsaturated/α-hetero) is 1. The first-order valence-electron chi connectivity index (χ1n) is 19.1. The van der Waals surface area contributed by atoms with Crippen molar-refractivity contribution in [1.82, 2.24) is 31.1 Å². The summed E-state index contributed by atoms with van der Waals surface area (Å²) in [7, 11) is 3.13. The van der Waals surface area contributed by atoms with Crippen LogP contribution in [-0.4, -0.2) is 112 Å². The van der Waals surface area contributed by atoms with Gasteiger partial charge < -0.3 is 31.1 Å². The normalized spacial score (nSPS) is 18.5. The molecule has 2 fully saturated rings. The first-order valence-corrected chi connectivity index (χ1v) is 21.1. The number of nitrogens with zero attached hydrogens (tertiary/aromatic N) is 2. The zero-order chi connectivity index (χ0) is 41.2. The maximum Gasteiger partial charge on any atom is 0.290 e. The maximum absolute atomic E-state index is 14.6. The van der Waals surface area contributed by atoms with E-state index in [-0.39, 0.29) is 24.8 Å². The number of carbonyl (C=O) groups excluding carboxylic acids is 7. The Bertz CT molecular complexity index is 1730. The molecular formula is C41H56N6O7S2. The quantitative estimate of drug-likeness (QED) is 0.197. The molecule has 0 aliphatic carbocycles. The largest absolute Gasteiger partial charge is 0.347 e. The predicted octanol–water partition coefficient (Wildman–Crippen LogP) is 3.40. The molecule has 2 unspecified atom stereocenters. The Morgan fingerprint density at radius 1 is 0.875 bits per heavy atom. The van der Waals surface area contributed by atoms with Crippen LogP contribution in [0, 0.1) is 5.41 Å². The molecule has 56 heavy (non-hydrogen) atoms. The van der Waals surface area contributed by atoms with E-state index in [1.165, 1.54) is 4.90 Å². The van der Waals surface area contributed by atoms with Crippen molar-refractivity contribution >= 4 is 64.8 Å². The van der Waals surface area contributed by atoms with Crippen molar-refractivity contribution in [2.24, 2.45) is 5.41 Å². The van der Waals surface area contributed by atoms with Crippen LogP contribution in [0.5, 0.6) is 0 Å². The molecule has 15 heteroatoms. The number of thioether (sulfide) groups is 2. The fourth-order valence-corrected chi connectivity index (χ4v) is 10.1. The van der Waals surface area contributed by atoms with E-state index in [1.807, 2.05) is 58.0 Å². The average Bonchev–Trinajstić information content (AvgIpc) is 3.55. The predicted molar refractivity (Wildman–Crippen MR) is 219 cm³/mol. The lowest BCUT2D eigenvalue weighted by atomic mass is 9.85. The second kappa shape index (κ2) is 19.7. The van der Waals surface area contributed by atoms with Gasteiger partial charge in [-0.25, -0.2) is 0 Å². The topological polar surface area (TPSA) is 174 Å². The van der Waals surface area contributed by atoms with Crippen LogP contribution in [0.3, 0.4) is 0 Å². The molecule has 0 saturated carbocycles. The smallest absolute Gasteiger partial charge is 0.290 e. The average molecular weight is 809 g/mol. The van der Waals surface area contributed by atoms with Crippen molar-refractivity contribution in [2.45, 2.75) is 94.5 Å². The fourth-order valence-electron chi connectivity index (χ4n) is 6.74. The summed E-state index contributed by atoms with van der Waals surface area (Å²) in [5.41, 5.74) is 0.653. The maximum atomic E-state index is 14.6. The highest BCUT2D eigenvalue weighted by Gasteiger charge is 2.53. The highest BCUT2D eigenvalue weighted by molar-refractivity contribution is 8.18. The summed E-state index contributed by atoms with van der Waals surface area (Å²) < 4.78 is -0.444. The lowest BCUT2D eigenvalue weighted by molar-refractivity contribution is -0.145. The summed E-state index contributed by atoms with van der Waals surface area (Å²) in [5, 5.41) is 10.7. The van der Waals surface area contributed by atoms with Gasteiger partial charge in [0.1, 0.15) is 18.1 Å². The number of nitrogens with one attached hydrogen (secondary N) is 4. The van der Waals surface area contributed by atoms with Gasteiger partial charge in [0, 0.05) is 27.1 Å². The Kier molecular flexibility index (Phi) is 15.6. The number of ketones is 1. The van der Waals surface area contributed by atoms with E-state index in [0.717, 1.165) is 23.5 Å². The van der Waals surface area contributed by atoms with E-state index in [1.54, 1.807) is 79.8 Å². The number of benzene rings is 2. The van der Waals surface area contributed by atoms with E-state index < -0.39 is 75.5 Å². The van der Waals surface area contributed by atoms with Gasteiger partial charge in [-0.15, -0.1) is 23.5 Å². The van der Waals surface area contributed by atoms with E-state index in [0.29, 0.717) is 18.4 Å². The van der Waals surface area contributed by atoms with E-state index in [2.05, 4.69) is 21.3 Å². The molecule has 2 aliphatic heterocycles. The van der Waals surface area contributed by atoms with Crippen LogP contribution in [0.4, 0.5) is 0 Å². The van der Waals surface area contributed by atoms with Gasteiger partial charge in [0.05, 0.1) is 22.6 Å². The second-order valence-corrected chi connectivity index (χ2v) is 18.8. The number of amides is 6. The Labute approximate surface area is 338 Å². The molecule has 0 aromatic heterocycles. The standard InChI is InChI=1S/C41H56N6O7S2/c1-8-16-29(33(49)37(52)42-24-31(48)44-32(38(53)46(6)7)28-19-13-10-14-20-28)43-36(51)30-23-41(55-21-15-22-56-41)25-47(30)39(54)34(40(3,4)5)45-35(50)26(2)27-17-11-9-12-18-27/h9-14,17-20,26,29-30,32,34H,8,15-16,21-25H2,1-7H3,(H,42,52)(H,43,51)(H,44,48)(H,45,50)/t26-,29?,30?,32-,34+/m0/s1. The number of likely N-dealkylation sites (N-methyl/N-ethyl adjacent to an activating group) is 1. The second-order valence-electron chi connectivity index (χ2n) is 15.6. The van der Waals surface area contributed by atoms with Crippen molar-refractivity contribution in [1.29, 1.82) is 0 Å². The van der Waals surface area contributed by atoms with Crippen molar-refractivity contribution in [2.75, 3.05) is 38.7 Å². The van der Waals surface area contributed by atoms with Gasteiger partial charge >= 0.3 is 0 Å². The lowest BCUT2D eigenvalue weighted by Gasteiger charge is -2.37. The number of hydrogen-bond acceptors (Lipinski definition) is 9. The van der Waals surface area contributed by atoms with Crippen LogP contribution in [0.2, 0.25) is 0 Å². The molecule has 13 nitrogen and oxygen atoms in total. The highest BCUT2D eigenvalue weighted by atomic mass is 32.2. The zero-order valence-electron chi connectivity index (χ0n) is 33.4. The van der Waals surface area contributed by atoms with Crippen molar-refractivity contribution in [3.05, 3.63) is 71.8 Å². The number of hydrogen-bond donors (Lipinski definition) is 4. The zero-order valence-corrected chi connectivity index (χ0v) is 35.0. The number of likely N-dealkylation sites (tertiary alicyclic amines) is 1. The molecule has 0 radical (unpaired) electrons. The third-order valence-electron chi connectivity index (χ3n) is 9.96. The summed E-state index contributed by atoms with van der Waals surface area (Å²) in [5.74, 6) is -3.10. The molecule has 2 aromatic rings. The molecule has 2 saturated heterocycles. The van der Waals surface area contributed by atoms with Gasteiger partial charge in [-0.05, 0) is 47.8 Å². The lowest BCUT2D eigenvalue weighted by Crippen LogP contribution is -2.59. The minimum absolute atomic E-state index is 0.144. The van der Waals surface area contributed by atoms with Gasteiger partial charge in [0.2, 0.25) is 35.3 Å². The van der Waals surface area contributed by atoms with Gasteiger partial charge in [-0.3, -0.25) is 33.6 Å². The molecular weight excluding hydrogens is 753 g/mol. The summed E-state index contributed by atoms with van der Waals surface area (Å²) >= 11 is 3.43. The summed E-state index contributed by atoms with van der Waals surface area (Å²) in [4.78, 5) is 97.8. The summed E-state index contributed by atoms with van der Waals surface area (Å²) in [6, 6.07) is 13.8. The molecule has 0 bridgehead atoms. The van der Waals surface area contributed by atoms with E-state index in [9.17, 15) is 33.6 Å². The first-order chi connectivity index (χ1) is 26.5. The van der Waals surface area contributed by atoms with Crippen LogP contribution < -0.4 is 21.3 Å². The van der Waals surface area contributed by atoms with Crippen molar-refractivity contribution in [3.63, 3.8) is 0 Å². The van der Waals surface area contributed by atoms with E-state index >= 15 is 0 Å². The minimum atomic E-state index is -1.21. The Balaban J connectivity index is 1.49. The molecule has 2 aromatic carbocycles. The van der Waals surface area contributed by atoms with Crippen LogP contribution >= 0.6 is 23.5 Å². The Morgan fingerprint density at radius 2 is 1.46 bits per heavy atom. The molecule has 304 valence electrons. The minimum Gasteiger partial charge on any atom is -0.347 e. The monoisotopic (exact) mass is 808 g/mol. The number of rotatable bonds is 15. The third-order valence-corrected chi connectivity index (χ3v) is 13.3. The fraction of sp³-hybridized carbons (Fsp3) is 0.537. The van der Waals surface area contributed by atoms with Gasteiger partial charge in [-0.1, -0.05) is 94.8 Å². The SMILES string of the molecule is CCCC(NC(=O)C1CC2(CN1C(=O)[C@@H](NC(=O)[C@@H](C)c1ccccc1)C(C)(C)C)SCCCS2)C(=O)C(=O)NCC(=O)N[C@H](C(=O)N(C)C)c1ccccc1. The van der Waals surface area contributed by atoms with Crippen molar-refractivity contribution < 1.29 is 33.6 Å². The highest BCUT2D eigenvalue weighted by Crippen LogP contribution is 2.50. The van der Waals surface area contributed by atoms with Gasteiger partial charge in [0.25, 0.3) is 5.91 Å². The first kappa shape index (κ1) is 44.3. The molecule has 6 amide bonds. The van der Waals surface area contributed by atoms with E-state index in [4.69, 9.17) is 0 Å².